The number of rotatable bonds is 1. The molecule has 0 saturated heterocycles. The Morgan fingerprint density at radius 2 is 2.00 bits per heavy atom. The van der Waals surface area contributed by atoms with Gasteiger partial charge in [-0.1, -0.05) is 0 Å². The third-order valence-corrected chi connectivity index (χ3v) is 1.81. The molecule has 0 aromatic carbocycles. The van der Waals surface area contributed by atoms with E-state index >= 15 is 0 Å². The first-order valence-corrected chi connectivity index (χ1v) is 4.95. The lowest BCUT2D eigenvalue weighted by atomic mass is 10.6. The highest BCUT2D eigenvalue weighted by Crippen LogP contribution is 1.97. The third-order valence-electron chi connectivity index (χ3n) is 1.40. The van der Waals surface area contributed by atoms with Gasteiger partial charge >= 0.3 is 0 Å². The van der Waals surface area contributed by atoms with Crippen molar-refractivity contribution < 1.29 is 21.6 Å². The molecule has 1 rings (SSSR count). The topological polar surface area (TPSA) is 78.8 Å². The van der Waals surface area contributed by atoms with Gasteiger partial charge in [0, 0.05) is 0 Å². The lowest BCUT2D eigenvalue weighted by molar-refractivity contribution is -0.784. The van der Waals surface area contributed by atoms with E-state index in [2.05, 4.69) is 23.3 Å². The summed E-state index contributed by atoms with van der Waals surface area (Å²) in [6, 6.07) is 0. The Bertz CT molecular complexity index is 270. The molecule has 0 bridgehead atoms. The molecular formula is C6H14N2O4S. The Morgan fingerprint density at radius 1 is 1.54 bits per heavy atom. The highest BCUT2D eigenvalue weighted by atomic mass is 32.3. The van der Waals surface area contributed by atoms with Crippen molar-refractivity contribution in [2.75, 3.05) is 34.3 Å². The first-order chi connectivity index (χ1) is 5.77. The molecule has 0 aromatic rings. The standard InChI is InChI=1S/C5H11N2.CH4O4S/c1-7(2)4-3-6-5-7;1-5-6(2,3)4/h5H,3-4H2,1-2H3;1H3,(H,2,3,4)/q+1;/p-1. The Morgan fingerprint density at radius 3 is 2.08 bits per heavy atom. The summed E-state index contributed by atoms with van der Waals surface area (Å²) in [6.45, 7) is 2.17. The molecule has 13 heavy (non-hydrogen) atoms. The highest BCUT2D eigenvalue weighted by Gasteiger charge is 2.15. The smallest absolute Gasteiger partial charge is 0.217 e. The summed E-state index contributed by atoms with van der Waals surface area (Å²) in [4.78, 5) is 4.08. The van der Waals surface area contributed by atoms with Gasteiger partial charge in [0.1, 0.15) is 6.54 Å². The van der Waals surface area contributed by atoms with Gasteiger partial charge in [-0.05, 0) is 0 Å². The Hall–Kier alpha value is -0.500. The van der Waals surface area contributed by atoms with Gasteiger partial charge in [-0.25, -0.2) is 13.4 Å². The molecule has 7 heteroatoms. The van der Waals surface area contributed by atoms with Crippen LogP contribution in [0.25, 0.3) is 0 Å². The zero-order valence-electron chi connectivity index (χ0n) is 7.93. The second kappa shape index (κ2) is 4.66. The molecule has 0 aliphatic carbocycles. The van der Waals surface area contributed by atoms with E-state index in [1.807, 2.05) is 6.34 Å². The van der Waals surface area contributed by atoms with E-state index in [1.54, 1.807) is 0 Å². The quantitative estimate of drug-likeness (QED) is 0.322. The maximum atomic E-state index is 9.22. The van der Waals surface area contributed by atoms with Gasteiger partial charge in [0.2, 0.25) is 10.4 Å². The molecule has 0 N–H and O–H groups in total. The van der Waals surface area contributed by atoms with Crippen molar-refractivity contribution in [2.45, 2.75) is 0 Å². The number of quaternary nitrogens is 1. The molecular weight excluding hydrogens is 196 g/mol. The van der Waals surface area contributed by atoms with Crippen molar-refractivity contribution >= 4 is 16.7 Å². The molecule has 1 heterocycles. The van der Waals surface area contributed by atoms with E-state index < -0.39 is 10.4 Å². The van der Waals surface area contributed by atoms with Crippen molar-refractivity contribution in [2.24, 2.45) is 4.99 Å². The first-order valence-electron chi connectivity index (χ1n) is 3.62. The molecule has 78 valence electrons. The fourth-order valence-corrected chi connectivity index (χ4v) is 0.652. The minimum Gasteiger partial charge on any atom is -0.726 e. The van der Waals surface area contributed by atoms with E-state index in [-0.39, 0.29) is 0 Å². The summed E-state index contributed by atoms with van der Waals surface area (Å²) in [5.74, 6) is 0. The number of likely N-dealkylation sites (N-methyl/N-ethyl adjacent to an activating group) is 1. The fourth-order valence-electron chi connectivity index (χ4n) is 0.652. The van der Waals surface area contributed by atoms with Crippen LogP contribution in [0.3, 0.4) is 0 Å². The Kier molecular flexibility index (Phi) is 4.48. The molecule has 0 spiro atoms. The monoisotopic (exact) mass is 210 g/mol. The zero-order valence-corrected chi connectivity index (χ0v) is 8.74. The van der Waals surface area contributed by atoms with E-state index in [9.17, 15) is 13.0 Å². The van der Waals surface area contributed by atoms with Crippen molar-refractivity contribution in [1.82, 2.24) is 0 Å². The van der Waals surface area contributed by atoms with Crippen molar-refractivity contribution in [3.8, 4) is 0 Å². The van der Waals surface area contributed by atoms with Crippen LogP contribution in [0.2, 0.25) is 0 Å². The van der Waals surface area contributed by atoms with E-state index in [1.165, 1.54) is 6.54 Å². The van der Waals surface area contributed by atoms with Gasteiger partial charge in [0.25, 0.3) is 0 Å². The van der Waals surface area contributed by atoms with Crippen LogP contribution in [0, 0.1) is 0 Å². The number of aliphatic imine (C=N–C) groups is 1. The molecule has 6 nitrogen and oxygen atoms in total. The fraction of sp³-hybridized carbons (Fsp3) is 0.833. The zero-order chi connectivity index (χ0) is 10.5. The molecule has 0 saturated carbocycles. The molecule has 0 radical (unpaired) electrons. The summed E-state index contributed by atoms with van der Waals surface area (Å²) in [6.07, 6.45) is 1.99. The highest BCUT2D eigenvalue weighted by molar-refractivity contribution is 7.80. The molecule has 0 amide bonds. The Labute approximate surface area is 78.4 Å². The van der Waals surface area contributed by atoms with Crippen LogP contribution in [0.15, 0.2) is 4.99 Å². The van der Waals surface area contributed by atoms with Crippen molar-refractivity contribution in [1.29, 1.82) is 0 Å². The predicted octanol–water partition coefficient (Wildman–Crippen LogP) is -0.802. The van der Waals surface area contributed by atoms with Crippen LogP contribution in [-0.2, 0) is 14.6 Å². The minimum atomic E-state index is -4.41. The second-order valence-electron chi connectivity index (χ2n) is 3.10. The average Bonchev–Trinajstić information content (AvgIpc) is 2.34. The van der Waals surface area contributed by atoms with E-state index in [4.69, 9.17) is 0 Å². The van der Waals surface area contributed by atoms with Gasteiger partial charge in [0.05, 0.1) is 27.7 Å². The summed E-state index contributed by atoms with van der Waals surface area (Å²) in [5.41, 5.74) is 0. The van der Waals surface area contributed by atoms with Gasteiger partial charge < -0.3 is 4.55 Å². The van der Waals surface area contributed by atoms with E-state index in [0.29, 0.717) is 0 Å². The molecule has 0 fully saturated rings. The van der Waals surface area contributed by atoms with Gasteiger partial charge in [-0.15, -0.1) is 0 Å². The first kappa shape index (κ1) is 12.5. The summed E-state index contributed by atoms with van der Waals surface area (Å²) < 4.78 is 32.0. The lowest BCUT2D eigenvalue weighted by Crippen LogP contribution is -2.35. The van der Waals surface area contributed by atoms with Crippen LogP contribution < -0.4 is 0 Å². The molecule has 0 unspecified atom stereocenters. The summed E-state index contributed by atoms with van der Waals surface area (Å²) >= 11 is 0. The summed E-state index contributed by atoms with van der Waals surface area (Å²) in [7, 11) is 0.694. The summed E-state index contributed by atoms with van der Waals surface area (Å²) in [5, 5.41) is 0. The van der Waals surface area contributed by atoms with Crippen LogP contribution in [0.1, 0.15) is 0 Å². The van der Waals surface area contributed by atoms with Crippen LogP contribution >= 0.6 is 0 Å². The van der Waals surface area contributed by atoms with Crippen LogP contribution in [0.4, 0.5) is 0 Å². The third kappa shape index (κ3) is 7.85. The second-order valence-corrected chi connectivity index (χ2v) is 4.25. The van der Waals surface area contributed by atoms with Crippen LogP contribution in [-0.4, -0.2) is 58.1 Å². The lowest BCUT2D eigenvalue weighted by Gasteiger charge is -2.16. The maximum absolute atomic E-state index is 9.22. The number of hydrogen-bond donors (Lipinski definition) is 0. The Balaban J connectivity index is 0.000000226. The molecule has 1 aliphatic heterocycles. The van der Waals surface area contributed by atoms with Gasteiger partial charge in [-0.3, -0.25) is 8.67 Å². The molecule has 0 aromatic heterocycles. The number of nitrogens with zero attached hydrogens (tertiary/aromatic N) is 2. The normalized spacial score (nSPS) is 19.4. The molecule has 0 atom stereocenters. The molecule has 1 aliphatic rings. The van der Waals surface area contributed by atoms with Crippen molar-refractivity contribution in [3.05, 3.63) is 0 Å². The maximum Gasteiger partial charge on any atom is 0.217 e. The van der Waals surface area contributed by atoms with Crippen LogP contribution in [0.5, 0.6) is 0 Å². The number of hydrogen-bond acceptors (Lipinski definition) is 5. The average molecular weight is 210 g/mol. The van der Waals surface area contributed by atoms with Crippen molar-refractivity contribution in [3.63, 3.8) is 0 Å². The SMILES string of the molecule is COS(=O)(=O)[O-].C[N+]1(C)C=NCC1. The van der Waals surface area contributed by atoms with Gasteiger partial charge in [0.15, 0.2) is 6.34 Å². The van der Waals surface area contributed by atoms with Gasteiger partial charge in [-0.2, -0.15) is 0 Å². The minimum absolute atomic E-state index is 0.808. The largest absolute Gasteiger partial charge is 0.726 e. The van der Waals surface area contributed by atoms with E-state index in [0.717, 1.165) is 18.1 Å². The predicted molar refractivity (Wildman–Crippen MR) is 47.0 cm³/mol.